The Labute approximate surface area is 114 Å². The van der Waals surface area contributed by atoms with Crippen LogP contribution in [0, 0.1) is 5.82 Å². The van der Waals surface area contributed by atoms with Gasteiger partial charge in [-0.1, -0.05) is 11.6 Å². The third-order valence-electron chi connectivity index (χ3n) is 2.55. The topological polar surface area (TPSA) is 79.1 Å². The molecule has 102 valence electrons. The molecule has 0 bridgehead atoms. The SMILES string of the molecule is CC(C)n1cc(Oc2c(N)cc(N)c(Cl)c2F)cn1. The summed E-state index contributed by atoms with van der Waals surface area (Å²) >= 11 is 5.72. The largest absolute Gasteiger partial charge is 0.449 e. The molecule has 0 saturated carbocycles. The smallest absolute Gasteiger partial charge is 0.188 e. The number of halogens is 2. The van der Waals surface area contributed by atoms with Crippen LogP contribution in [-0.2, 0) is 0 Å². The lowest BCUT2D eigenvalue weighted by Crippen LogP contribution is -2.00. The zero-order valence-corrected chi connectivity index (χ0v) is 11.3. The number of nitrogen functional groups attached to an aromatic ring is 2. The van der Waals surface area contributed by atoms with E-state index in [9.17, 15) is 4.39 Å². The second-order valence-electron chi connectivity index (χ2n) is 4.36. The van der Waals surface area contributed by atoms with Crippen LogP contribution in [0.1, 0.15) is 19.9 Å². The van der Waals surface area contributed by atoms with Crippen molar-refractivity contribution in [3.05, 3.63) is 29.3 Å². The van der Waals surface area contributed by atoms with Gasteiger partial charge in [0.15, 0.2) is 17.3 Å². The average Bonchev–Trinajstić information content (AvgIpc) is 2.81. The number of ether oxygens (including phenoxy) is 1. The van der Waals surface area contributed by atoms with Gasteiger partial charge in [0, 0.05) is 6.04 Å². The minimum absolute atomic E-state index is 0.0712. The van der Waals surface area contributed by atoms with Crippen molar-refractivity contribution in [2.24, 2.45) is 0 Å². The molecular weight excluding hydrogens is 271 g/mol. The Morgan fingerprint density at radius 2 is 2.05 bits per heavy atom. The van der Waals surface area contributed by atoms with Crippen molar-refractivity contribution in [1.29, 1.82) is 0 Å². The minimum atomic E-state index is -0.781. The molecule has 1 aromatic heterocycles. The second-order valence-corrected chi connectivity index (χ2v) is 4.74. The standard InChI is InChI=1S/C12H14ClFN4O/c1-6(2)18-5-7(4-17-18)19-12-9(16)3-8(15)10(13)11(12)14/h3-6H,15-16H2,1-2H3. The number of aromatic nitrogens is 2. The van der Waals surface area contributed by atoms with Crippen molar-refractivity contribution in [3.63, 3.8) is 0 Å². The van der Waals surface area contributed by atoms with E-state index in [0.717, 1.165) is 0 Å². The number of hydrogen-bond acceptors (Lipinski definition) is 4. The van der Waals surface area contributed by atoms with Gasteiger partial charge in [-0.3, -0.25) is 4.68 Å². The van der Waals surface area contributed by atoms with Gasteiger partial charge < -0.3 is 16.2 Å². The second kappa shape index (κ2) is 4.97. The lowest BCUT2D eigenvalue weighted by Gasteiger charge is -2.10. The van der Waals surface area contributed by atoms with Crippen LogP contribution in [0.4, 0.5) is 15.8 Å². The minimum Gasteiger partial charge on any atom is -0.449 e. The molecule has 7 heteroatoms. The van der Waals surface area contributed by atoms with E-state index < -0.39 is 5.82 Å². The maximum Gasteiger partial charge on any atom is 0.188 e. The van der Waals surface area contributed by atoms with Crippen LogP contribution in [0.2, 0.25) is 5.02 Å². The van der Waals surface area contributed by atoms with E-state index >= 15 is 0 Å². The molecule has 0 unspecified atom stereocenters. The van der Waals surface area contributed by atoms with E-state index in [-0.39, 0.29) is 28.2 Å². The van der Waals surface area contributed by atoms with Crippen LogP contribution in [0.25, 0.3) is 0 Å². The summed E-state index contributed by atoms with van der Waals surface area (Å²) < 4.78 is 21.0. The Balaban J connectivity index is 2.35. The fraction of sp³-hybridized carbons (Fsp3) is 0.250. The number of anilines is 2. The quantitative estimate of drug-likeness (QED) is 0.848. The van der Waals surface area contributed by atoms with Gasteiger partial charge in [-0.25, -0.2) is 4.39 Å². The molecule has 0 aliphatic heterocycles. The molecule has 2 aromatic rings. The van der Waals surface area contributed by atoms with Gasteiger partial charge in [0.05, 0.1) is 23.8 Å². The molecule has 0 atom stereocenters. The molecule has 5 nitrogen and oxygen atoms in total. The first-order valence-corrected chi connectivity index (χ1v) is 6.03. The molecule has 0 aliphatic carbocycles. The summed E-state index contributed by atoms with van der Waals surface area (Å²) in [5.74, 6) is -0.556. The van der Waals surface area contributed by atoms with Crippen LogP contribution in [0.5, 0.6) is 11.5 Å². The molecule has 19 heavy (non-hydrogen) atoms. The van der Waals surface area contributed by atoms with Crippen molar-refractivity contribution >= 4 is 23.0 Å². The van der Waals surface area contributed by atoms with E-state index in [4.69, 9.17) is 27.8 Å². The van der Waals surface area contributed by atoms with Crippen LogP contribution < -0.4 is 16.2 Å². The summed E-state index contributed by atoms with van der Waals surface area (Å²) in [5.41, 5.74) is 11.3. The summed E-state index contributed by atoms with van der Waals surface area (Å²) in [6, 6.07) is 1.53. The molecule has 4 N–H and O–H groups in total. The Bertz CT molecular complexity index is 612. The molecule has 0 amide bonds. The van der Waals surface area contributed by atoms with Crippen LogP contribution in [-0.4, -0.2) is 9.78 Å². The number of rotatable bonds is 3. The summed E-state index contributed by atoms with van der Waals surface area (Å²) in [6.45, 7) is 3.93. The first-order valence-electron chi connectivity index (χ1n) is 5.65. The molecular formula is C12H14ClFN4O. The first kappa shape index (κ1) is 13.5. The third kappa shape index (κ3) is 2.58. The highest BCUT2D eigenvalue weighted by Gasteiger charge is 2.17. The van der Waals surface area contributed by atoms with E-state index in [1.807, 2.05) is 13.8 Å². The highest BCUT2D eigenvalue weighted by atomic mass is 35.5. The number of nitrogens with zero attached hydrogens (tertiary/aromatic N) is 2. The van der Waals surface area contributed by atoms with Crippen molar-refractivity contribution in [1.82, 2.24) is 9.78 Å². The first-order chi connectivity index (χ1) is 8.90. The molecule has 0 radical (unpaired) electrons. The lowest BCUT2D eigenvalue weighted by atomic mass is 10.2. The highest BCUT2D eigenvalue weighted by molar-refractivity contribution is 6.33. The molecule has 1 heterocycles. The zero-order valence-electron chi connectivity index (χ0n) is 10.5. The number of hydrogen-bond donors (Lipinski definition) is 2. The zero-order chi connectivity index (χ0) is 14.2. The molecule has 1 aromatic carbocycles. The molecule has 0 aliphatic rings. The van der Waals surface area contributed by atoms with Gasteiger partial charge in [-0.15, -0.1) is 0 Å². The molecule has 2 rings (SSSR count). The van der Waals surface area contributed by atoms with Gasteiger partial charge in [-0.2, -0.15) is 5.10 Å². The van der Waals surface area contributed by atoms with Gasteiger partial charge in [0.25, 0.3) is 0 Å². The molecule has 0 fully saturated rings. The Kier molecular flexibility index (Phi) is 3.53. The summed E-state index contributed by atoms with van der Waals surface area (Å²) in [4.78, 5) is 0. The van der Waals surface area contributed by atoms with E-state index in [2.05, 4.69) is 5.10 Å². The van der Waals surface area contributed by atoms with E-state index in [1.54, 1.807) is 10.9 Å². The fourth-order valence-corrected chi connectivity index (χ4v) is 1.67. The molecule has 0 saturated heterocycles. The Morgan fingerprint density at radius 1 is 1.37 bits per heavy atom. The summed E-state index contributed by atoms with van der Waals surface area (Å²) in [5, 5.41) is 3.87. The van der Waals surface area contributed by atoms with Crippen molar-refractivity contribution in [2.45, 2.75) is 19.9 Å². The summed E-state index contributed by atoms with van der Waals surface area (Å²) in [6.07, 6.45) is 3.12. The van der Waals surface area contributed by atoms with Crippen LogP contribution in [0.15, 0.2) is 18.5 Å². The van der Waals surface area contributed by atoms with Crippen LogP contribution in [0.3, 0.4) is 0 Å². The van der Waals surface area contributed by atoms with E-state index in [1.165, 1.54) is 12.3 Å². The van der Waals surface area contributed by atoms with Gasteiger partial charge in [0.1, 0.15) is 5.02 Å². The maximum absolute atomic E-state index is 13.9. The van der Waals surface area contributed by atoms with Crippen molar-refractivity contribution < 1.29 is 9.13 Å². The Hall–Kier alpha value is -1.95. The maximum atomic E-state index is 13.9. The monoisotopic (exact) mass is 284 g/mol. The van der Waals surface area contributed by atoms with Crippen LogP contribution >= 0.6 is 11.6 Å². The number of nitrogens with two attached hydrogens (primary N) is 2. The van der Waals surface area contributed by atoms with Crippen molar-refractivity contribution in [2.75, 3.05) is 11.5 Å². The number of benzene rings is 1. The van der Waals surface area contributed by atoms with Gasteiger partial charge in [0.2, 0.25) is 0 Å². The van der Waals surface area contributed by atoms with Crippen molar-refractivity contribution in [3.8, 4) is 11.5 Å². The average molecular weight is 285 g/mol. The predicted octanol–water partition coefficient (Wildman–Crippen LogP) is 3.21. The lowest BCUT2D eigenvalue weighted by molar-refractivity contribution is 0.442. The van der Waals surface area contributed by atoms with Gasteiger partial charge >= 0.3 is 0 Å². The molecule has 0 spiro atoms. The highest BCUT2D eigenvalue weighted by Crippen LogP contribution is 2.37. The third-order valence-corrected chi connectivity index (χ3v) is 2.93. The van der Waals surface area contributed by atoms with Gasteiger partial charge in [-0.05, 0) is 19.9 Å². The predicted molar refractivity (Wildman–Crippen MR) is 72.9 cm³/mol. The fourth-order valence-electron chi connectivity index (χ4n) is 1.53. The summed E-state index contributed by atoms with van der Waals surface area (Å²) in [7, 11) is 0. The normalized spacial score (nSPS) is 11.0. The van der Waals surface area contributed by atoms with E-state index in [0.29, 0.717) is 5.75 Å². The Morgan fingerprint density at radius 3 is 2.63 bits per heavy atom.